The molecule has 0 N–H and O–H groups in total. The van der Waals surface area contributed by atoms with E-state index < -0.39 is 0 Å². The van der Waals surface area contributed by atoms with Crippen LogP contribution >= 0.6 is 0 Å². The fourth-order valence-electron chi connectivity index (χ4n) is 6.99. The largest absolute Gasteiger partial charge is 0.374 e. The van der Waals surface area contributed by atoms with Crippen LogP contribution in [0, 0.1) is 28.6 Å². The number of amides is 1. The van der Waals surface area contributed by atoms with Gasteiger partial charge >= 0.3 is 0 Å². The standard InChI is InChI=1S/C22H33NO2/c1-5-14-25-19-9-7-16-15-6-8-18-21(2,13-11-20(24)23(18)4)17(15)10-12-22(16,19)3/h5,8,15-17,19H,1,6-7,9-14H2,2-4H3/t15-,16-,17-,19?,21+,22-/m0/s1. The summed E-state index contributed by atoms with van der Waals surface area (Å²) < 4.78 is 6.18. The van der Waals surface area contributed by atoms with E-state index in [1.54, 1.807) is 0 Å². The summed E-state index contributed by atoms with van der Waals surface area (Å²) >= 11 is 0. The molecule has 1 amide bonds. The van der Waals surface area contributed by atoms with Gasteiger partial charge in [0.1, 0.15) is 0 Å². The minimum atomic E-state index is 0.187. The molecular weight excluding hydrogens is 310 g/mol. The summed E-state index contributed by atoms with van der Waals surface area (Å²) in [5, 5.41) is 0. The van der Waals surface area contributed by atoms with Gasteiger partial charge in [-0.05, 0) is 61.7 Å². The minimum absolute atomic E-state index is 0.187. The van der Waals surface area contributed by atoms with E-state index in [9.17, 15) is 4.79 Å². The third-order valence-corrected chi connectivity index (χ3v) is 8.35. The van der Waals surface area contributed by atoms with E-state index in [1.807, 2.05) is 18.0 Å². The van der Waals surface area contributed by atoms with E-state index in [0.29, 0.717) is 30.5 Å². The number of likely N-dealkylation sites (tertiary alicyclic amines) is 1. The fourth-order valence-corrected chi connectivity index (χ4v) is 6.99. The topological polar surface area (TPSA) is 29.5 Å². The number of fused-ring (bicyclic) bond motifs is 5. The molecular formula is C22H33NO2. The van der Waals surface area contributed by atoms with Crippen LogP contribution in [0.15, 0.2) is 24.4 Å². The van der Waals surface area contributed by atoms with Crippen molar-refractivity contribution in [2.45, 2.75) is 64.9 Å². The molecule has 0 aromatic rings. The van der Waals surface area contributed by atoms with Gasteiger partial charge in [0.15, 0.2) is 0 Å². The molecule has 6 atom stereocenters. The molecule has 1 saturated heterocycles. The lowest BCUT2D eigenvalue weighted by Crippen LogP contribution is -2.54. The second-order valence-electron chi connectivity index (χ2n) is 9.30. The Morgan fingerprint density at radius 2 is 2.08 bits per heavy atom. The Morgan fingerprint density at radius 1 is 1.28 bits per heavy atom. The zero-order chi connectivity index (χ0) is 17.8. The molecule has 3 fully saturated rings. The molecule has 3 nitrogen and oxygen atoms in total. The van der Waals surface area contributed by atoms with E-state index >= 15 is 0 Å². The number of carbonyl (C=O) groups excluding carboxylic acids is 1. The lowest BCUT2D eigenvalue weighted by molar-refractivity contribution is -0.136. The normalized spacial score (nSPS) is 46.1. The Bertz CT molecular complexity index is 611. The zero-order valence-corrected chi connectivity index (χ0v) is 16.1. The SMILES string of the molecule is C=CCOC1CC[C@H]2[C@@H]3CC=C4N(C)C(=O)CC[C@]4(C)[C@H]3CC[C@]12C. The number of rotatable bonds is 3. The zero-order valence-electron chi connectivity index (χ0n) is 16.1. The average molecular weight is 344 g/mol. The van der Waals surface area contributed by atoms with E-state index in [4.69, 9.17) is 4.74 Å². The van der Waals surface area contributed by atoms with E-state index in [1.165, 1.54) is 31.4 Å². The maximum atomic E-state index is 12.2. The quantitative estimate of drug-likeness (QED) is 0.704. The monoisotopic (exact) mass is 343 g/mol. The van der Waals surface area contributed by atoms with Gasteiger partial charge in [0.2, 0.25) is 5.91 Å². The van der Waals surface area contributed by atoms with Gasteiger partial charge in [-0.2, -0.15) is 0 Å². The van der Waals surface area contributed by atoms with Gasteiger partial charge in [-0.1, -0.05) is 26.0 Å². The lowest BCUT2D eigenvalue weighted by atomic mass is 9.49. The number of hydrogen-bond donors (Lipinski definition) is 0. The lowest BCUT2D eigenvalue weighted by Gasteiger charge is -2.58. The predicted molar refractivity (Wildman–Crippen MR) is 99.8 cm³/mol. The molecule has 25 heavy (non-hydrogen) atoms. The second-order valence-corrected chi connectivity index (χ2v) is 9.30. The molecule has 0 bridgehead atoms. The Balaban J connectivity index is 1.62. The summed E-state index contributed by atoms with van der Waals surface area (Å²) in [6, 6.07) is 0. The number of piperidine rings is 1. The maximum absolute atomic E-state index is 12.2. The smallest absolute Gasteiger partial charge is 0.226 e. The first-order chi connectivity index (χ1) is 11.9. The van der Waals surface area contributed by atoms with Gasteiger partial charge in [-0.25, -0.2) is 0 Å². The predicted octanol–water partition coefficient (Wildman–Crippen LogP) is 4.55. The summed E-state index contributed by atoms with van der Waals surface area (Å²) in [6.07, 6.45) is 12.6. The Morgan fingerprint density at radius 3 is 2.84 bits per heavy atom. The van der Waals surface area contributed by atoms with Crippen LogP contribution in [0.25, 0.3) is 0 Å². The van der Waals surface area contributed by atoms with Crippen LogP contribution in [0.1, 0.15) is 58.8 Å². The molecule has 1 heterocycles. The Labute approximate surface area is 152 Å². The molecule has 0 radical (unpaired) electrons. The van der Waals surface area contributed by atoms with Crippen molar-refractivity contribution in [2.75, 3.05) is 13.7 Å². The van der Waals surface area contributed by atoms with Gasteiger partial charge < -0.3 is 9.64 Å². The number of hydrogen-bond acceptors (Lipinski definition) is 2. The molecule has 3 heteroatoms. The van der Waals surface area contributed by atoms with Gasteiger partial charge in [-0.15, -0.1) is 6.58 Å². The first kappa shape index (κ1) is 17.3. The van der Waals surface area contributed by atoms with Crippen LogP contribution in [0.4, 0.5) is 0 Å². The summed E-state index contributed by atoms with van der Waals surface area (Å²) in [5.41, 5.74) is 1.82. The van der Waals surface area contributed by atoms with Crippen LogP contribution in [0.2, 0.25) is 0 Å². The van der Waals surface area contributed by atoms with Crippen LogP contribution in [-0.4, -0.2) is 30.6 Å². The highest BCUT2D eigenvalue weighted by molar-refractivity contribution is 5.79. The molecule has 3 aliphatic carbocycles. The van der Waals surface area contributed by atoms with Crippen LogP contribution in [0.3, 0.4) is 0 Å². The van der Waals surface area contributed by atoms with Crippen LogP contribution < -0.4 is 0 Å². The number of allylic oxidation sites excluding steroid dienone is 2. The van der Waals surface area contributed by atoms with E-state index in [0.717, 1.165) is 30.6 Å². The molecule has 0 aromatic heterocycles. The van der Waals surface area contributed by atoms with Crippen molar-refractivity contribution in [3.05, 3.63) is 24.4 Å². The highest BCUT2D eigenvalue weighted by Gasteiger charge is 2.59. The van der Waals surface area contributed by atoms with Crippen molar-refractivity contribution in [2.24, 2.45) is 28.6 Å². The third kappa shape index (κ3) is 2.38. The number of carbonyl (C=O) groups is 1. The highest BCUT2D eigenvalue weighted by atomic mass is 16.5. The molecule has 1 unspecified atom stereocenters. The summed E-state index contributed by atoms with van der Waals surface area (Å²) in [6.45, 7) is 9.40. The van der Waals surface area contributed by atoms with Crippen molar-refractivity contribution >= 4 is 5.91 Å². The molecule has 0 aromatic carbocycles. The highest BCUT2D eigenvalue weighted by Crippen LogP contribution is 2.64. The van der Waals surface area contributed by atoms with Gasteiger partial charge in [-0.3, -0.25) is 4.79 Å². The van der Waals surface area contributed by atoms with Crippen molar-refractivity contribution in [1.29, 1.82) is 0 Å². The first-order valence-electron chi connectivity index (χ1n) is 10.1. The molecule has 4 aliphatic rings. The molecule has 1 aliphatic heterocycles. The Kier molecular flexibility index (Phi) is 4.14. The third-order valence-electron chi connectivity index (χ3n) is 8.35. The van der Waals surface area contributed by atoms with Crippen LogP contribution in [0.5, 0.6) is 0 Å². The number of ether oxygens (including phenoxy) is 1. The first-order valence-corrected chi connectivity index (χ1v) is 10.1. The van der Waals surface area contributed by atoms with E-state index in [-0.39, 0.29) is 5.41 Å². The fraction of sp³-hybridized carbons (Fsp3) is 0.773. The average Bonchev–Trinajstić information content (AvgIpc) is 2.93. The van der Waals surface area contributed by atoms with E-state index in [2.05, 4.69) is 26.5 Å². The molecule has 2 saturated carbocycles. The van der Waals surface area contributed by atoms with Crippen molar-refractivity contribution in [1.82, 2.24) is 4.90 Å². The number of nitrogens with zero attached hydrogens (tertiary/aromatic N) is 1. The van der Waals surface area contributed by atoms with Crippen molar-refractivity contribution in [3.8, 4) is 0 Å². The summed E-state index contributed by atoms with van der Waals surface area (Å²) in [4.78, 5) is 14.1. The minimum Gasteiger partial charge on any atom is -0.374 e. The maximum Gasteiger partial charge on any atom is 0.226 e. The summed E-state index contributed by atoms with van der Waals surface area (Å²) in [7, 11) is 1.98. The molecule has 0 spiro atoms. The molecule has 4 rings (SSSR count). The second kappa shape index (κ2) is 5.97. The van der Waals surface area contributed by atoms with Gasteiger partial charge in [0.25, 0.3) is 0 Å². The summed E-state index contributed by atoms with van der Waals surface area (Å²) in [5.74, 6) is 2.53. The van der Waals surface area contributed by atoms with Crippen LogP contribution in [-0.2, 0) is 9.53 Å². The van der Waals surface area contributed by atoms with Crippen molar-refractivity contribution in [3.63, 3.8) is 0 Å². The van der Waals surface area contributed by atoms with Gasteiger partial charge in [0, 0.05) is 24.6 Å². The Hall–Kier alpha value is -1.09. The van der Waals surface area contributed by atoms with Gasteiger partial charge in [0.05, 0.1) is 12.7 Å². The molecule has 138 valence electrons. The van der Waals surface area contributed by atoms with Crippen molar-refractivity contribution < 1.29 is 9.53 Å².